The van der Waals surface area contributed by atoms with Crippen molar-refractivity contribution in [2.45, 2.75) is 53.1 Å². The van der Waals surface area contributed by atoms with Crippen molar-refractivity contribution < 1.29 is 19.1 Å². The Morgan fingerprint density at radius 3 is 2.41 bits per heavy atom. The summed E-state index contributed by atoms with van der Waals surface area (Å²) in [6, 6.07) is 0. The summed E-state index contributed by atoms with van der Waals surface area (Å²) in [7, 11) is 0. The second kappa shape index (κ2) is 7.87. The first kappa shape index (κ1) is 20.3. The number of piperidine rings is 1. The zero-order valence-electron chi connectivity index (χ0n) is 16.4. The number of nitrogens with zero attached hydrogens (tertiary/aromatic N) is 2. The van der Waals surface area contributed by atoms with Crippen LogP contribution in [0.15, 0.2) is 4.47 Å². The molecule has 3 rings (SSSR count). The van der Waals surface area contributed by atoms with Crippen LogP contribution in [-0.2, 0) is 14.3 Å². The number of aromatic nitrogens is 1. The lowest BCUT2D eigenvalue weighted by Gasteiger charge is -2.40. The summed E-state index contributed by atoms with van der Waals surface area (Å²) >= 11 is 3.61. The van der Waals surface area contributed by atoms with Crippen molar-refractivity contribution >= 4 is 33.4 Å². The molecule has 2 aliphatic rings. The summed E-state index contributed by atoms with van der Waals surface area (Å²) in [5, 5.41) is 0. The number of ketones is 1. The maximum Gasteiger partial charge on any atom is 0.380 e. The summed E-state index contributed by atoms with van der Waals surface area (Å²) in [4.78, 5) is 31.8. The summed E-state index contributed by atoms with van der Waals surface area (Å²) in [5.74, 6) is -1.46. The molecule has 1 spiro atoms. The van der Waals surface area contributed by atoms with E-state index >= 15 is 0 Å². The van der Waals surface area contributed by atoms with E-state index < -0.39 is 11.8 Å². The van der Waals surface area contributed by atoms with Crippen LogP contribution in [0.4, 0.5) is 5.69 Å². The minimum absolute atomic E-state index is 0.265. The van der Waals surface area contributed by atoms with Gasteiger partial charge in [-0.15, -0.1) is 0 Å². The SMILES string of the molecule is Cc1nc(C)c(C(=O)C(=O)OC(C)C)c(N2CCC3(CCOC3)CC2)c1Br. The van der Waals surface area contributed by atoms with Crippen molar-refractivity contribution in [1.82, 2.24) is 4.98 Å². The molecule has 0 aliphatic carbocycles. The van der Waals surface area contributed by atoms with E-state index in [1.807, 2.05) is 6.92 Å². The molecule has 0 aromatic carbocycles. The Labute approximate surface area is 168 Å². The minimum atomic E-state index is -0.829. The highest BCUT2D eigenvalue weighted by Crippen LogP contribution is 2.43. The molecule has 2 saturated heterocycles. The predicted octanol–water partition coefficient (Wildman–Crippen LogP) is 3.60. The fraction of sp³-hybridized carbons (Fsp3) is 0.650. The number of halogens is 1. The molecule has 0 radical (unpaired) electrons. The maximum atomic E-state index is 12.9. The molecule has 148 valence electrons. The number of ether oxygens (including phenoxy) is 2. The highest BCUT2D eigenvalue weighted by atomic mass is 79.9. The van der Waals surface area contributed by atoms with Crippen molar-refractivity contribution in [2.75, 3.05) is 31.2 Å². The van der Waals surface area contributed by atoms with Crippen LogP contribution in [0.3, 0.4) is 0 Å². The van der Waals surface area contributed by atoms with Gasteiger partial charge >= 0.3 is 5.97 Å². The van der Waals surface area contributed by atoms with Crippen LogP contribution in [0, 0.1) is 19.3 Å². The summed E-state index contributed by atoms with van der Waals surface area (Å²) < 4.78 is 11.5. The molecule has 1 aromatic rings. The second-order valence-corrected chi connectivity index (χ2v) is 8.69. The zero-order valence-corrected chi connectivity index (χ0v) is 18.0. The van der Waals surface area contributed by atoms with Crippen LogP contribution in [0.25, 0.3) is 0 Å². The largest absolute Gasteiger partial charge is 0.457 e. The Morgan fingerprint density at radius 1 is 1.19 bits per heavy atom. The van der Waals surface area contributed by atoms with Crippen LogP contribution in [-0.4, -0.2) is 49.1 Å². The number of anilines is 1. The monoisotopic (exact) mass is 438 g/mol. The van der Waals surface area contributed by atoms with Gasteiger partial charge in [0, 0.05) is 19.7 Å². The fourth-order valence-electron chi connectivity index (χ4n) is 4.00. The van der Waals surface area contributed by atoms with E-state index in [4.69, 9.17) is 9.47 Å². The quantitative estimate of drug-likeness (QED) is 0.406. The molecule has 7 heteroatoms. The van der Waals surface area contributed by atoms with Crippen molar-refractivity contribution in [3.8, 4) is 0 Å². The van der Waals surface area contributed by atoms with Crippen LogP contribution in [0.1, 0.15) is 54.9 Å². The Morgan fingerprint density at radius 2 is 1.85 bits per heavy atom. The van der Waals surface area contributed by atoms with Gasteiger partial charge in [-0.25, -0.2) is 4.79 Å². The van der Waals surface area contributed by atoms with Gasteiger partial charge in [0.05, 0.1) is 39.8 Å². The van der Waals surface area contributed by atoms with Gasteiger partial charge in [-0.05, 0) is 68.3 Å². The third-order valence-electron chi connectivity index (χ3n) is 5.54. The number of pyridine rings is 1. The van der Waals surface area contributed by atoms with Crippen molar-refractivity contribution in [3.63, 3.8) is 0 Å². The van der Waals surface area contributed by atoms with E-state index in [9.17, 15) is 9.59 Å². The maximum absolute atomic E-state index is 12.9. The molecule has 27 heavy (non-hydrogen) atoms. The molecule has 0 atom stereocenters. The van der Waals surface area contributed by atoms with Crippen molar-refractivity contribution in [2.24, 2.45) is 5.41 Å². The van der Waals surface area contributed by atoms with Crippen molar-refractivity contribution in [3.05, 3.63) is 21.4 Å². The molecule has 6 nitrogen and oxygen atoms in total. The number of esters is 1. The number of carbonyl (C=O) groups is 2. The first-order valence-corrected chi connectivity index (χ1v) is 10.3. The third-order valence-corrected chi connectivity index (χ3v) is 6.49. The first-order valence-electron chi connectivity index (χ1n) is 9.49. The lowest BCUT2D eigenvalue weighted by molar-refractivity contribution is -0.141. The molecular weight excluding hydrogens is 412 g/mol. The second-order valence-electron chi connectivity index (χ2n) is 7.89. The average molecular weight is 439 g/mol. The van der Waals surface area contributed by atoms with Gasteiger partial charge in [0.2, 0.25) is 0 Å². The van der Waals surface area contributed by atoms with E-state index in [2.05, 4.69) is 25.8 Å². The molecule has 0 bridgehead atoms. The topological polar surface area (TPSA) is 68.7 Å². The van der Waals surface area contributed by atoms with Gasteiger partial charge in [0.15, 0.2) is 0 Å². The van der Waals surface area contributed by atoms with E-state index in [1.54, 1.807) is 20.8 Å². The Hall–Kier alpha value is -1.47. The molecule has 3 heterocycles. The van der Waals surface area contributed by atoms with Gasteiger partial charge in [-0.1, -0.05) is 0 Å². The first-order chi connectivity index (χ1) is 12.7. The van der Waals surface area contributed by atoms with Crippen molar-refractivity contribution in [1.29, 1.82) is 0 Å². The number of rotatable bonds is 4. The molecule has 0 N–H and O–H groups in total. The van der Waals surface area contributed by atoms with Gasteiger partial charge < -0.3 is 14.4 Å². The number of aryl methyl sites for hydroxylation is 2. The van der Waals surface area contributed by atoms with E-state index in [0.717, 1.165) is 61.4 Å². The molecule has 2 fully saturated rings. The van der Waals surface area contributed by atoms with E-state index in [0.29, 0.717) is 11.3 Å². The van der Waals surface area contributed by atoms with Gasteiger partial charge in [0.25, 0.3) is 5.78 Å². The molecule has 0 unspecified atom stereocenters. The predicted molar refractivity (Wildman–Crippen MR) is 106 cm³/mol. The number of hydrogen-bond acceptors (Lipinski definition) is 6. The van der Waals surface area contributed by atoms with Gasteiger partial charge in [-0.2, -0.15) is 0 Å². The van der Waals surface area contributed by atoms with Crippen LogP contribution < -0.4 is 4.90 Å². The Bertz CT molecular complexity index is 747. The van der Waals surface area contributed by atoms with Gasteiger partial charge in [-0.3, -0.25) is 9.78 Å². The van der Waals surface area contributed by atoms with E-state index in [-0.39, 0.29) is 11.5 Å². The summed E-state index contributed by atoms with van der Waals surface area (Å²) in [5.41, 5.74) is 2.73. The lowest BCUT2D eigenvalue weighted by atomic mass is 9.78. The average Bonchev–Trinajstić information content (AvgIpc) is 3.06. The summed E-state index contributed by atoms with van der Waals surface area (Å²) in [6.45, 7) is 10.4. The minimum Gasteiger partial charge on any atom is -0.457 e. The Balaban J connectivity index is 1.94. The fourth-order valence-corrected chi connectivity index (χ4v) is 4.53. The zero-order chi connectivity index (χ0) is 19.8. The normalized spacial score (nSPS) is 19.0. The third kappa shape index (κ3) is 4.04. The van der Waals surface area contributed by atoms with Crippen LogP contribution >= 0.6 is 15.9 Å². The molecule has 0 amide bonds. The number of hydrogen-bond donors (Lipinski definition) is 0. The Kier molecular flexibility index (Phi) is 5.91. The van der Waals surface area contributed by atoms with E-state index in [1.165, 1.54) is 0 Å². The van der Waals surface area contributed by atoms with Crippen LogP contribution in [0.2, 0.25) is 0 Å². The highest BCUT2D eigenvalue weighted by molar-refractivity contribution is 9.10. The van der Waals surface area contributed by atoms with Crippen LogP contribution in [0.5, 0.6) is 0 Å². The number of Topliss-reactive ketones (excluding diaryl/α,β-unsaturated/α-hetero) is 1. The molecular formula is C20H27BrN2O4. The standard InChI is InChI=1S/C20H27BrN2O4/c1-12(2)27-19(25)18(24)15-13(3)22-14(4)16(21)17(15)23-8-5-20(6-9-23)7-10-26-11-20/h12H,5-11H2,1-4H3. The molecule has 1 aromatic heterocycles. The van der Waals surface area contributed by atoms with Gasteiger partial charge in [0.1, 0.15) is 0 Å². The lowest BCUT2D eigenvalue weighted by Crippen LogP contribution is -2.41. The number of carbonyl (C=O) groups excluding carboxylic acids is 2. The highest BCUT2D eigenvalue weighted by Gasteiger charge is 2.39. The molecule has 0 saturated carbocycles. The summed E-state index contributed by atoms with van der Waals surface area (Å²) in [6.07, 6.45) is 2.79. The molecule has 2 aliphatic heterocycles. The smallest absolute Gasteiger partial charge is 0.380 e.